The van der Waals surface area contributed by atoms with E-state index < -0.39 is 0 Å². The molecule has 0 unspecified atom stereocenters. The van der Waals surface area contributed by atoms with Crippen LogP contribution in [-0.2, 0) is 27.2 Å². The van der Waals surface area contributed by atoms with Crippen LogP contribution in [0.5, 0.6) is 0 Å². The van der Waals surface area contributed by atoms with Crippen LogP contribution < -0.4 is 9.13 Å². The number of nitrogens with zero attached hydrogens (tertiary/aromatic N) is 4. The molecule has 0 fully saturated rings. The summed E-state index contributed by atoms with van der Waals surface area (Å²) < 4.78 is 9.11. The Bertz CT molecular complexity index is 1040. The van der Waals surface area contributed by atoms with Crippen molar-refractivity contribution in [2.75, 3.05) is 0 Å². The number of hydrogen-bond acceptors (Lipinski definition) is 0. The fourth-order valence-corrected chi connectivity index (χ4v) is 3.77. The molecule has 0 aliphatic rings. The zero-order chi connectivity index (χ0) is 19.4. The van der Waals surface area contributed by atoms with E-state index in [0.29, 0.717) is 0 Å². The second-order valence-corrected chi connectivity index (χ2v) is 7.16. The molecular formula is C23H32N4+2. The molecule has 0 N–H and O–H groups in total. The van der Waals surface area contributed by atoms with Crippen LogP contribution in [0.4, 0.5) is 0 Å². The normalized spacial score (nSPS) is 11.0. The summed E-state index contributed by atoms with van der Waals surface area (Å²) in [4.78, 5) is 0. The van der Waals surface area contributed by atoms with Crippen LogP contribution >= 0.6 is 0 Å². The van der Waals surface area contributed by atoms with E-state index >= 15 is 0 Å². The van der Waals surface area contributed by atoms with Crippen molar-refractivity contribution in [1.29, 1.82) is 0 Å². The molecule has 4 nitrogen and oxygen atoms in total. The summed E-state index contributed by atoms with van der Waals surface area (Å²) in [6.07, 6.45) is 4.52. The van der Waals surface area contributed by atoms with Crippen LogP contribution in [-0.4, -0.2) is 9.13 Å². The van der Waals surface area contributed by atoms with Crippen molar-refractivity contribution in [1.82, 2.24) is 9.13 Å². The summed E-state index contributed by atoms with van der Waals surface area (Å²) in [5, 5.41) is 0. The third-order valence-electron chi connectivity index (χ3n) is 5.21. The molecule has 0 saturated heterocycles. The van der Waals surface area contributed by atoms with Gasteiger partial charge < -0.3 is 0 Å². The van der Waals surface area contributed by atoms with Gasteiger partial charge >= 0.3 is 0 Å². The highest BCUT2D eigenvalue weighted by atomic mass is 15.1. The molecule has 0 amide bonds. The third kappa shape index (κ3) is 3.75. The molecule has 4 rings (SSSR count). The highest BCUT2D eigenvalue weighted by Crippen LogP contribution is 2.13. The fourth-order valence-electron chi connectivity index (χ4n) is 3.77. The average molecular weight is 365 g/mol. The number of para-hydroxylation sites is 4. The Hall–Kier alpha value is -2.62. The molecule has 142 valence electrons. The minimum Gasteiger partial charge on any atom is -0.233 e. The number of fused-ring (bicyclic) bond motifs is 2. The topological polar surface area (TPSA) is 17.6 Å². The van der Waals surface area contributed by atoms with Gasteiger partial charge in [0.1, 0.15) is 0 Å². The van der Waals surface area contributed by atoms with Gasteiger partial charge in [-0.05, 0) is 37.1 Å². The third-order valence-corrected chi connectivity index (χ3v) is 5.21. The van der Waals surface area contributed by atoms with Crippen LogP contribution in [0.1, 0.15) is 32.5 Å². The highest BCUT2D eigenvalue weighted by molar-refractivity contribution is 5.72. The lowest BCUT2D eigenvalue weighted by atomic mass is 10.3. The summed E-state index contributed by atoms with van der Waals surface area (Å²) in [6.45, 7) is 8.80. The number of imidazole rings is 2. The van der Waals surface area contributed by atoms with E-state index in [2.05, 4.69) is 108 Å². The minimum absolute atomic E-state index is 1.10. The first-order chi connectivity index (χ1) is 13.1. The Morgan fingerprint density at radius 2 is 1.37 bits per heavy atom. The molecule has 4 aromatic rings. The Balaban J connectivity index is 0.000000156. The average Bonchev–Trinajstić information content (AvgIpc) is 3.13. The van der Waals surface area contributed by atoms with E-state index in [1.54, 1.807) is 0 Å². The molecule has 0 bridgehead atoms. The monoisotopic (exact) mass is 364 g/mol. The molecule has 0 aliphatic carbocycles. The van der Waals surface area contributed by atoms with Crippen LogP contribution in [0.2, 0.25) is 0 Å². The maximum atomic E-state index is 2.38. The minimum atomic E-state index is 1.10. The second kappa shape index (κ2) is 8.38. The van der Waals surface area contributed by atoms with E-state index in [4.69, 9.17) is 0 Å². The fraction of sp³-hybridized carbons (Fsp3) is 0.391. The summed E-state index contributed by atoms with van der Waals surface area (Å²) in [5.41, 5.74) is 5.29. The van der Waals surface area contributed by atoms with Crippen molar-refractivity contribution in [2.24, 2.45) is 14.1 Å². The SMILES string of the molecule is CCCn1c(C)[n+](C)c2ccccc21.CCCn1c[n+](C)c2ccccc21. The number of aryl methyl sites for hydroxylation is 4. The predicted octanol–water partition coefficient (Wildman–Crippen LogP) is 4.06. The van der Waals surface area contributed by atoms with Gasteiger partial charge in [-0.3, -0.25) is 0 Å². The van der Waals surface area contributed by atoms with Gasteiger partial charge in [-0.1, -0.05) is 38.1 Å². The van der Waals surface area contributed by atoms with Crippen molar-refractivity contribution in [3.8, 4) is 0 Å². The van der Waals surface area contributed by atoms with Gasteiger partial charge in [-0.2, -0.15) is 0 Å². The molecule has 2 aromatic carbocycles. The largest absolute Gasteiger partial charge is 0.253 e. The second-order valence-electron chi connectivity index (χ2n) is 7.16. The first kappa shape index (κ1) is 19.2. The van der Waals surface area contributed by atoms with E-state index in [-0.39, 0.29) is 0 Å². The van der Waals surface area contributed by atoms with Crippen molar-refractivity contribution in [3.05, 3.63) is 60.7 Å². The van der Waals surface area contributed by atoms with Crippen molar-refractivity contribution >= 4 is 22.1 Å². The van der Waals surface area contributed by atoms with Gasteiger partial charge in [0, 0.05) is 6.92 Å². The quantitative estimate of drug-likeness (QED) is 0.486. The van der Waals surface area contributed by atoms with Crippen LogP contribution in [0, 0.1) is 6.92 Å². The van der Waals surface area contributed by atoms with E-state index in [9.17, 15) is 0 Å². The van der Waals surface area contributed by atoms with Gasteiger partial charge in [0.2, 0.25) is 6.33 Å². The van der Waals surface area contributed by atoms with Gasteiger partial charge in [0.15, 0.2) is 22.1 Å². The number of aromatic nitrogens is 4. The van der Waals surface area contributed by atoms with Gasteiger partial charge in [-0.25, -0.2) is 18.3 Å². The van der Waals surface area contributed by atoms with E-state index in [1.807, 2.05) is 0 Å². The molecule has 2 heterocycles. The lowest BCUT2D eigenvalue weighted by Gasteiger charge is -1.95. The van der Waals surface area contributed by atoms with Gasteiger partial charge in [0.05, 0.1) is 27.2 Å². The molecule has 0 spiro atoms. The Kier molecular flexibility index (Phi) is 5.94. The van der Waals surface area contributed by atoms with E-state index in [1.165, 1.54) is 40.7 Å². The maximum absolute atomic E-state index is 2.38. The summed E-state index contributed by atoms with van der Waals surface area (Å²) in [5.74, 6) is 1.33. The highest BCUT2D eigenvalue weighted by Gasteiger charge is 2.16. The molecule has 27 heavy (non-hydrogen) atoms. The first-order valence-corrected chi connectivity index (χ1v) is 9.95. The van der Waals surface area contributed by atoms with Crippen LogP contribution in [0.15, 0.2) is 54.9 Å². The molecule has 0 radical (unpaired) electrons. The molecule has 0 atom stereocenters. The van der Waals surface area contributed by atoms with Crippen LogP contribution in [0.25, 0.3) is 22.1 Å². The first-order valence-electron chi connectivity index (χ1n) is 9.95. The Labute approximate surface area is 162 Å². The Morgan fingerprint density at radius 1 is 0.778 bits per heavy atom. The van der Waals surface area contributed by atoms with Gasteiger partial charge in [0.25, 0.3) is 5.82 Å². The standard InChI is InChI=1S/C12H17N2.C11H15N2/c1-4-9-14-10(2)13(3)11-7-5-6-8-12(11)14;1-3-8-13-9-12(2)10-6-4-5-7-11(10)13/h5-8H,4,9H2,1-3H3;4-7,9H,3,8H2,1-2H3/q2*+1. The number of benzene rings is 2. The zero-order valence-corrected chi connectivity index (χ0v) is 17.3. The lowest BCUT2D eigenvalue weighted by molar-refractivity contribution is -0.652. The molecule has 4 heteroatoms. The summed E-state index contributed by atoms with van der Waals surface area (Å²) in [6, 6.07) is 17.1. The van der Waals surface area contributed by atoms with Crippen molar-refractivity contribution < 1.29 is 9.13 Å². The van der Waals surface area contributed by atoms with Crippen molar-refractivity contribution in [2.45, 2.75) is 46.7 Å². The van der Waals surface area contributed by atoms with Gasteiger partial charge in [-0.15, -0.1) is 0 Å². The molecular weight excluding hydrogens is 332 g/mol. The smallest absolute Gasteiger partial charge is 0.233 e. The zero-order valence-electron chi connectivity index (χ0n) is 17.3. The summed E-state index contributed by atoms with van der Waals surface area (Å²) in [7, 11) is 4.22. The predicted molar refractivity (Wildman–Crippen MR) is 112 cm³/mol. The van der Waals surface area contributed by atoms with Crippen molar-refractivity contribution in [3.63, 3.8) is 0 Å². The molecule has 0 aliphatic heterocycles. The Morgan fingerprint density at radius 3 is 2.04 bits per heavy atom. The van der Waals surface area contributed by atoms with E-state index in [0.717, 1.165) is 13.1 Å². The molecule has 0 saturated carbocycles. The van der Waals surface area contributed by atoms with Crippen LogP contribution in [0.3, 0.4) is 0 Å². The lowest BCUT2D eigenvalue weighted by Crippen LogP contribution is -2.30. The maximum Gasteiger partial charge on any atom is 0.253 e. The number of hydrogen-bond donors (Lipinski definition) is 0. The molecule has 2 aromatic heterocycles. The number of rotatable bonds is 4. The summed E-state index contributed by atoms with van der Waals surface area (Å²) >= 11 is 0.